The SMILES string of the molecule is CC(C)(C)COC(=O)N[C@H]1CCNC1. The van der Waals surface area contributed by atoms with Gasteiger partial charge in [-0.25, -0.2) is 4.79 Å². The maximum absolute atomic E-state index is 11.3. The maximum Gasteiger partial charge on any atom is 0.407 e. The van der Waals surface area contributed by atoms with Crippen LogP contribution in [0.4, 0.5) is 4.79 Å². The number of carbonyl (C=O) groups excluding carboxylic acids is 1. The molecule has 1 aliphatic rings. The first-order chi connectivity index (χ1) is 6.47. The van der Waals surface area contributed by atoms with E-state index in [1.165, 1.54) is 0 Å². The summed E-state index contributed by atoms with van der Waals surface area (Å²) in [5.41, 5.74) is 0.0330. The lowest BCUT2D eigenvalue weighted by Gasteiger charge is -2.19. The smallest absolute Gasteiger partial charge is 0.407 e. The minimum Gasteiger partial charge on any atom is -0.449 e. The number of hydrogen-bond donors (Lipinski definition) is 2. The Morgan fingerprint density at radius 2 is 2.29 bits per heavy atom. The Bertz CT molecular complexity index is 193. The van der Waals surface area contributed by atoms with Gasteiger partial charge in [0.15, 0.2) is 0 Å². The molecular formula is C10H20N2O2. The Morgan fingerprint density at radius 1 is 1.57 bits per heavy atom. The summed E-state index contributed by atoms with van der Waals surface area (Å²) in [6.07, 6.45) is 0.693. The topological polar surface area (TPSA) is 50.4 Å². The van der Waals surface area contributed by atoms with Gasteiger partial charge in [0, 0.05) is 12.6 Å². The zero-order valence-corrected chi connectivity index (χ0v) is 9.22. The van der Waals surface area contributed by atoms with Crippen LogP contribution in [0.1, 0.15) is 27.2 Å². The Hall–Kier alpha value is -0.770. The van der Waals surface area contributed by atoms with E-state index in [-0.39, 0.29) is 17.6 Å². The van der Waals surface area contributed by atoms with Gasteiger partial charge in [-0.05, 0) is 18.4 Å². The highest BCUT2D eigenvalue weighted by molar-refractivity contribution is 5.67. The van der Waals surface area contributed by atoms with Gasteiger partial charge in [-0.2, -0.15) is 0 Å². The number of nitrogens with one attached hydrogen (secondary N) is 2. The van der Waals surface area contributed by atoms with E-state index in [0.29, 0.717) is 6.61 Å². The van der Waals surface area contributed by atoms with Crippen LogP contribution in [0.3, 0.4) is 0 Å². The molecule has 4 nitrogen and oxygen atoms in total. The second kappa shape index (κ2) is 4.64. The van der Waals surface area contributed by atoms with Crippen LogP contribution in [0.25, 0.3) is 0 Å². The van der Waals surface area contributed by atoms with E-state index in [2.05, 4.69) is 10.6 Å². The largest absolute Gasteiger partial charge is 0.449 e. The minimum absolute atomic E-state index is 0.0330. The number of hydrogen-bond acceptors (Lipinski definition) is 3. The molecule has 1 saturated heterocycles. The zero-order valence-electron chi connectivity index (χ0n) is 9.22. The number of carbonyl (C=O) groups is 1. The zero-order chi connectivity index (χ0) is 10.6. The van der Waals surface area contributed by atoms with Gasteiger partial charge >= 0.3 is 6.09 Å². The predicted molar refractivity (Wildman–Crippen MR) is 55.2 cm³/mol. The summed E-state index contributed by atoms with van der Waals surface area (Å²) in [6, 6.07) is 0.238. The average molecular weight is 200 g/mol. The van der Waals surface area contributed by atoms with Crippen LogP contribution in [-0.2, 0) is 4.74 Å². The molecule has 0 aliphatic carbocycles. The van der Waals surface area contributed by atoms with Crippen LogP contribution in [0.2, 0.25) is 0 Å². The first kappa shape index (κ1) is 11.3. The molecule has 82 valence electrons. The van der Waals surface area contributed by atoms with Crippen LogP contribution < -0.4 is 10.6 Å². The fourth-order valence-corrected chi connectivity index (χ4v) is 1.27. The van der Waals surface area contributed by atoms with Gasteiger partial charge in [0.1, 0.15) is 0 Å². The molecule has 1 rings (SSSR count). The molecule has 1 amide bonds. The second-order valence-electron chi connectivity index (χ2n) is 4.97. The molecule has 0 aromatic carbocycles. The molecule has 0 bridgehead atoms. The van der Waals surface area contributed by atoms with Gasteiger partial charge in [0.2, 0.25) is 0 Å². The van der Waals surface area contributed by atoms with E-state index < -0.39 is 0 Å². The normalized spacial score (nSPS) is 22.1. The highest BCUT2D eigenvalue weighted by Gasteiger charge is 2.19. The Labute approximate surface area is 85.4 Å². The van der Waals surface area contributed by atoms with E-state index in [4.69, 9.17) is 4.74 Å². The predicted octanol–water partition coefficient (Wildman–Crippen LogP) is 1.12. The van der Waals surface area contributed by atoms with Gasteiger partial charge in [0.25, 0.3) is 0 Å². The van der Waals surface area contributed by atoms with E-state index in [1.54, 1.807) is 0 Å². The molecule has 1 atom stereocenters. The van der Waals surface area contributed by atoms with Crippen molar-refractivity contribution in [2.45, 2.75) is 33.2 Å². The molecule has 1 aliphatic heterocycles. The standard InChI is InChI=1S/C10H20N2O2/c1-10(2,3)7-14-9(13)12-8-4-5-11-6-8/h8,11H,4-7H2,1-3H3,(H,12,13)/t8-/m0/s1. The molecule has 0 aromatic rings. The van der Waals surface area contributed by atoms with Crippen LogP contribution in [0.15, 0.2) is 0 Å². The average Bonchev–Trinajstić information content (AvgIpc) is 2.52. The Kier molecular flexibility index (Phi) is 3.75. The van der Waals surface area contributed by atoms with Crippen molar-refractivity contribution in [2.75, 3.05) is 19.7 Å². The van der Waals surface area contributed by atoms with Crippen LogP contribution in [0.5, 0.6) is 0 Å². The number of amides is 1. The van der Waals surface area contributed by atoms with Gasteiger partial charge in [-0.3, -0.25) is 0 Å². The number of rotatable bonds is 2. The number of alkyl carbamates (subject to hydrolysis) is 1. The summed E-state index contributed by atoms with van der Waals surface area (Å²) in [5.74, 6) is 0. The second-order valence-corrected chi connectivity index (χ2v) is 4.97. The monoisotopic (exact) mass is 200 g/mol. The van der Waals surface area contributed by atoms with Gasteiger partial charge in [-0.1, -0.05) is 20.8 Å². The first-order valence-electron chi connectivity index (χ1n) is 5.11. The molecule has 0 saturated carbocycles. The third-order valence-electron chi connectivity index (χ3n) is 2.02. The number of ether oxygens (including phenoxy) is 1. The lowest BCUT2D eigenvalue weighted by Crippen LogP contribution is -2.37. The van der Waals surface area contributed by atoms with Crippen LogP contribution in [-0.4, -0.2) is 31.8 Å². The highest BCUT2D eigenvalue weighted by Crippen LogP contribution is 2.12. The van der Waals surface area contributed by atoms with Crippen LogP contribution >= 0.6 is 0 Å². The fraction of sp³-hybridized carbons (Fsp3) is 0.900. The molecular weight excluding hydrogens is 180 g/mol. The van der Waals surface area contributed by atoms with Crippen molar-refractivity contribution in [3.63, 3.8) is 0 Å². The van der Waals surface area contributed by atoms with E-state index in [1.807, 2.05) is 20.8 Å². The highest BCUT2D eigenvalue weighted by atomic mass is 16.5. The molecule has 0 aromatic heterocycles. The fourth-order valence-electron chi connectivity index (χ4n) is 1.27. The quantitative estimate of drug-likeness (QED) is 0.702. The summed E-state index contributed by atoms with van der Waals surface area (Å²) >= 11 is 0. The van der Waals surface area contributed by atoms with Gasteiger partial charge < -0.3 is 15.4 Å². The lowest BCUT2D eigenvalue weighted by atomic mass is 9.99. The van der Waals surface area contributed by atoms with Crippen molar-refractivity contribution in [1.29, 1.82) is 0 Å². The van der Waals surface area contributed by atoms with E-state index in [9.17, 15) is 4.79 Å². The first-order valence-corrected chi connectivity index (χ1v) is 5.11. The summed E-state index contributed by atoms with van der Waals surface area (Å²) in [7, 11) is 0. The summed E-state index contributed by atoms with van der Waals surface area (Å²) in [5, 5.41) is 6.01. The van der Waals surface area contributed by atoms with E-state index >= 15 is 0 Å². The van der Waals surface area contributed by atoms with E-state index in [0.717, 1.165) is 19.5 Å². The van der Waals surface area contributed by atoms with Crippen LogP contribution in [0, 0.1) is 5.41 Å². The molecule has 14 heavy (non-hydrogen) atoms. The maximum atomic E-state index is 11.3. The molecule has 1 heterocycles. The Balaban J connectivity index is 2.15. The van der Waals surface area contributed by atoms with Crippen molar-refractivity contribution in [1.82, 2.24) is 10.6 Å². The molecule has 0 spiro atoms. The van der Waals surface area contributed by atoms with Gasteiger partial charge in [0.05, 0.1) is 6.61 Å². The van der Waals surface area contributed by atoms with Crippen molar-refractivity contribution in [3.8, 4) is 0 Å². The van der Waals surface area contributed by atoms with Crippen molar-refractivity contribution in [2.24, 2.45) is 5.41 Å². The third-order valence-corrected chi connectivity index (χ3v) is 2.02. The van der Waals surface area contributed by atoms with Crippen molar-refractivity contribution < 1.29 is 9.53 Å². The lowest BCUT2D eigenvalue weighted by molar-refractivity contribution is 0.104. The van der Waals surface area contributed by atoms with Crippen molar-refractivity contribution in [3.05, 3.63) is 0 Å². The Morgan fingerprint density at radius 3 is 2.79 bits per heavy atom. The molecule has 0 radical (unpaired) electrons. The molecule has 1 fully saturated rings. The summed E-state index contributed by atoms with van der Waals surface area (Å²) in [6.45, 7) is 8.40. The molecule has 2 N–H and O–H groups in total. The molecule has 4 heteroatoms. The molecule has 0 unspecified atom stereocenters. The minimum atomic E-state index is -0.298. The van der Waals surface area contributed by atoms with Crippen molar-refractivity contribution >= 4 is 6.09 Å². The summed E-state index contributed by atoms with van der Waals surface area (Å²) < 4.78 is 5.09. The third kappa shape index (κ3) is 4.46. The summed E-state index contributed by atoms with van der Waals surface area (Å²) in [4.78, 5) is 11.3. The van der Waals surface area contributed by atoms with Gasteiger partial charge in [-0.15, -0.1) is 0 Å².